The van der Waals surface area contributed by atoms with E-state index in [1.807, 2.05) is 0 Å². The monoisotopic (exact) mass is 280 g/mol. The van der Waals surface area contributed by atoms with Gasteiger partial charge in [0.15, 0.2) is 0 Å². The van der Waals surface area contributed by atoms with Crippen molar-refractivity contribution in [3.05, 3.63) is 34.3 Å². The molecule has 19 heavy (non-hydrogen) atoms. The second-order valence-corrected chi connectivity index (χ2v) is 6.98. The van der Waals surface area contributed by atoms with E-state index in [9.17, 15) is 0 Å². The molecule has 0 aromatic heterocycles. The van der Waals surface area contributed by atoms with Crippen molar-refractivity contribution in [1.29, 1.82) is 0 Å². The lowest BCUT2D eigenvalue weighted by atomic mass is 9.98. The molecule has 0 bridgehead atoms. The summed E-state index contributed by atoms with van der Waals surface area (Å²) >= 11 is 6.23. The Labute approximate surface area is 124 Å². The van der Waals surface area contributed by atoms with Crippen LogP contribution in [0.1, 0.15) is 64.5 Å². The van der Waals surface area contributed by atoms with Gasteiger partial charge in [0.25, 0.3) is 0 Å². The Morgan fingerprint density at radius 3 is 1.58 bits per heavy atom. The average molecular weight is 281 g/mol. The van der Waals surface area contributed by atoms with E-state index in [0.29, 0.717) is 0 Å². The van der Waals surface area contributed by atoms with Gasteiger partial charge in [-0.1, -0.05) is 58.2 Å². The van der Waals surface area contributed by atoms with Crippen molar-refractivity contribution in [2.45, 2.75) is 66.2 Å². The van der Waals surface area contributed by atoms with Gasteiger partial charge in [0.05, 0.1) is 0 Å². The van der Waals surface area contributed by atoms with Crippen molar-refractivity contribution < 1.29 is 0 Å². The maximum atomic E-state index is 6.23. The molecule has 0 N–H and O–H groups in total. The van der Waals surface area contributed by atoms with Crippen LogP contribution in [-0.4, -0.2) is 0 Å². The van der Waals surface area contributed by atoms with E-state index < -0.39 is 0 Å². The zero-order valence-electron chi connectivity index (χ0n) is 13.0. The van der Waals surface area contributed by atoms with Crippen LogP contribution in [0.5, 0.6) is 0 Å². The third kappa shape index (κ3) is 7.62. The molecule has 0 saturated heterocycles. The van der Waals surface area contributed by atoms with Crippen molar-refractivity contribution in [2.75, 3.05) is 0 Å². The highest BCUT2D eigenvalue weighted by Gasteiger charge is 2.02. The second-order valence-electron chi connectivity index (χ2n) is 6.54. The Bertz CT molecular complexity index is 334. The van der Waals surface area contributed by atoms with Gasteiger partial charge >= 0.3 is 0 Å². The summed E-state index contributed by atoms with van der Waals surface area (Å²) in [6, 6.07) is 6.62. The number of aryl methyl sites for hydroxylation is 2. The van der Waals surface area contributed by atoms with Gasteiger partial charge < -0.3 is 0 Å². The van der Waals surface area contributed by atoms with Gasteiger partial charge in [0.1, 0.15) is 0 Å². The highest BCUT2D eigenvalue weighted by molar-refractivity contribution is 6.30. The summed E-state index contributed by atoms with van der Waals surface area (Å²) in [4.78, 5) is 0. The summed E-state index contributed by atoms with van der Waals surface area (Å²) in [7, 11) is 0. The van der Waals surface area contributed by atoms with Crippen LogP contribution >= 0.6 is 11.6 Å². The lowest BCUT2D eigenvalue weighted by Crippen LogP contribution is -1.95. The van der Waals surface area contributed by atoms with Crippen LogP contribution in [0.15, 0.2) is 18.2 Å². The minimum absolute atomic E-state index is 0.796. The Morgan fingerprint density at radius 2 is 1.21 bits per heavy atom. The first-order valence-electron chi connectivity index (χ1n) is 7.75. The van der Waals surface area contributed by atoms with Crippen LogP contribution in [-0.2, 0) is 12.8 Å². The molecule has 0 saturated carbocycles. The minimum atomic E-state index is 0.796. The molecular weight excluding hydrogens is 252 g/mol. The molecule has 1 heteroatoms. The molecule has 0 aliphatic heterocycles. The molecule has 1 aromatic rings. The summed E-state index contributed by atoms with van der Waals surface area (Å²) in [5, 5.41) is 0.904. The van der Waals surface area contributed by atoms with E-state index in [1.165, 1.54) is 36.8 Å². The zero-order chi connectivity index (χ0) is 14.3. The second kappa shape index (κ2) is 8.64. The fourth-order valence-corrected chi connectivity index (χ4v) is 2.72. The van der Waals surface area contributed by atoms with Gasteiger partial charge in [0.2, 0.25) is 0 Å². The molecule has 0 atom stereocenters. The minimum Gasteiger partial charge on any atom is -0.0843 e. The summed E-state index contributed by atoms with van der Waals surface area (Å²) in [5.74, 6) is 1.59. The Balaban J connectivity index is 2.51. The van der Waals surface area contributed by atoms with Gasteiger partial charge in [-0.3, -0.25) is 0 Å². The fourth-order valence-electron chi connectivity index (χ4n) is 2.43. The Hall–Kier alpha value is -0.490. The largest absolute Gasteiger partial charge is 0.0843 e. The summed E-state index contributed by atoms with van der Waals surface area (Å²) in [6.07, 6.45) is 7.46. The van der Waals surface area contributed by atoms with Gasteiger partial charge in [0, 0.05) is 5.02 Å². The predicted molar refractivity (Wildman–Crippen MR) is 87.0 cm³/mol. The topological polar surface area (TPSA) is 0 Å². The summed E-state index contributed by atoms with van der Waals surface area (Å²) in [5.41, 5.74) is 2.82. The van der Waals surface area contributed by atoms with Crippen LogP contribution in [0.25, 0.3) is 0 Å². The summed E-state index contributed by atoms with van der Waals surface area (Å²) in [6.45, 7) is 9.15. The third-order valence-electron chi connectivity index (χ3n) is 3.51. The lowest BCUT2D eigenvalue weighted by molar-refractivity contribution is 0.553. The lowest BCUT2D eigenvalue weighted by Gasteiger charge is -2.09. The molecular formula is C18H29Cl. The smallest absolute Gasteiger partial charge is 0.0411 e. The molecule has 0 heterocycles. The third-order valence-corrected chi connectivity index (χ3v) is 3.73. The van der Waals surface area contributed by atoms with Crippen molar-refractivity contribution in [3.8, 4) is 0 Å². The van der Waals surface area contributed by atoms with Gasteiger partial charge in [-0.2, -0.15) is 0 Å². The number of rotatable bonds is 8. The number of hydrogen-bond donors (Lipinski definition) is 0. The van der Waals surface area contributed by atoms with Crippen molar-refractivity contribution in [3.63, 3.8) is 0 Å². The first-order chi connectivity index (χ1) is 8.97. The van der Waals surface area contributed by atoms with E-state index in [-0.39, 0.29) is 0 Å². The van der Waals surface area contributed by atoms with E-state index in [4.69, 9.17) is 11.6 Å². The molecule has 0 aliphatic rings. The first kappa shape index (κ1) is 16.6. The van der Waals surface area contributed by atoms with E-state index in [1.54, 1.807) is 0 Å². The fraction of sp³-hybridized carbons (Fsp3) is 0.667. The Morgan fingerprint density at radius 1 is 0.789 bits per heavy atom. The van der Waals surface area contributed by atoms with Gasteiger partial charge in [-0.05, 0) is 60.8 Å². The maximum Gasteiger partial charge on any atom is 0.0411 e. The first-order valence-corrected chi connectivity index (χ1v) is 8.13. The number of halogens is 1. The molecule has 108 valence electrons. The SMILES string of the molecule is CC(C)CCCc1cc(Cl)cc(CCCC(C)C)c1. The van der Waals surface area contributed by atoms with E-state index in [2.05, 4.69) is 45.9 Å². The highest BCUT2D eigenvalue weighted by Crippen LogP contribution is 2.20. The Kier molecular flexibility index (Phi) is 7.53. The molecule has 0 amide bonds. The molecule has 0 spiro atoms. The van der Waals surface area contributed by atoms with Gasteiger partial charge in [-0.25, -0.2) is 0 Å². The molecule has 0 unspecified atom stereocenters. The standard InChI is InChI=1S/C18H29Cl/c1-14(2)7-5-9-16-11-17(13-18(19)12-16)10-6-8-15(3)4/h11-15H,5-10H2,1-4H3. The molecule has 0 fully saturated rings. The van der Waals surface area contributed by atoms with Crippen LogP contribution in [0, 0.1) is 11.8 Å². The highest BCUT2D eigenvalue weighted by atomic mass is 35.5. The normalized spacial score (nSPS) is 11.5. The average Bonchev–Trinajstić information content (AvgIpc) is 2.27. The van der Waals surface area contributed by atoms with E-state index in [0.717, 1.165) is 29.7 Å². The van der Waals surface area contributed by atoms with Crippen LogP contribution in [0.4, 0.5) is 0 Å². The van der Waals surface area contributed by atoms with Crippen molar-refractivity contribution in [2.24, 2.45) is 11.8 Å². The molecule has 1 rings (SSSR count). The van der Waals surface area contributed by atoms with Crippen molar-refractivity contribution in [1.82, 2.24) is 0 Å². The number of benzene rings is 1. The molecule has 0 nitrogen and oxygen atoms in total. The number of hydrogen-bond acceptors (Lipinski definition) is 0. The molecule has 0 aliphatic carbocycles. The summed E-state index contributed by atoms with van der Waals surface area (Å²) < 4.78 is 0. The van der Waals surface area contributed by atoms with Crippen molar-refractivity contribution >= 4 is 11.6 Å². The van der Waals surface area contributed by atoms with Crippen LogP contribution in [0.3, 0.4) is 0 Å². The molecule has 1 aromatic carbocycles. The van der Waals surface area contributed by atoms with Gasteiger partial charge in [-0.15, -0.1) is 0 Å². The predicted octanol–water partition coefficient (Wildman–Crippen LogP) is 6.30. The zero-order valence-corrected chi connectivity index (χ0v) is 13.8. The van der Waals surface area contributed by atoms with Crippen LogP contribution in [0.2, 0.25) is 5.02 Å². The molecule has 0 radical (unpaired) electrons. The van der Waals surface area contributed by atoms with Crippen LogP contribution < -0.4 is 0 Å². The quantitative estimate of drug-likeness (QED) is 0.524. The maximum absolute atomic E-state index is 6.23. The van der Waals surface area contributed by atoms with E-state index >= 15 is 0 Å².